The van der Waals surface area contributed by atoms with Gasteiger partial charge in [-0.05, 0) is 24.3 Å². The minimum absolute atomic E-state index is 0.0974. The molecule has 1 aromatic heterocycles. The molecule has 3 nitrogen and oxygen atoms in total. The largest absolute Gasteiger partial charge is 0.510 e. The lowest BCUT2D eigenvalue weighted by Crippen LogP contribution is -1.93. The van der Waals surface area contributed by atoms with Crippen molar-refractivity contribution in [2.75, 3.05) is 5.75 Å². The second-order valence-corrected chi connectivity index (χ2v) is 6.69. The van der Waals surface area contributed by atoms with Gasteiger partial charge in [0.25, 0.3) is 0 Å². The van der Waals surface area contributed by atoms with Crippen LogP contribution in [0.2, 0.25) is 0 Å². The molecule has 0 amide bonds. The van der Waals surface area contributed by atoms with E-state index in [4.69, 9.17) is 0 Å². The maximum atomic E-state index is 13.6. The highest BCUT2D eigenvalue weighted by Crippen LogP contribution is 2.30. The molecule has 0 saturated heterocycles. The second kappa shape index (κ2) is 6.82. The highest BCUT2D eigenvalue weighted by Gasteiger charge is 2.14. The molecule has 0 atom stereocenters. The number of nitrogens with zero attached hydrogens (tertiary/aromatic N) is 2. The smallest absolute Gasteiger partial charge is 0.138 e. The molecule has 23 heavy (non-hydrogen) atoms. The topological polar surface area (TPSA) is 56.9 Å². The lowest BCUT2D eigenvalue weighted by molar-refractivity contribution is 0.421. The summed E-state index contributed by atoms with van der Waals surface area (Å²) in [5.74, 6) is -0.330. The predicted molar refractivity (Wildman–Crippen MR) is 91.9 cm³/mol. The van der Waals surface area contributed by atoms with Gasteiger partial charge in [0, 0.05) is 4.90 Å². The molecule has 0 bridgehead atoms. The Kier molecular flexibility index (Phi) is 4.60. The highest BCUT2D eigenvalue weighted by molar-refractivity contribution is 7.99. The normalized spacial score (nSPS) is 12.0. The fourth-order valence-corrected chi connectivity index (χ4v) is 3.79. The minimum atomic E-state index is -0.344. The van der Waals surface area contributed by atoms with Crippen LogP contribution in [0.3, 0.4) is 0 Å². The SMILES string of the molecule is N#CC(=C(O)CSc1ccccc1F)c1nc2ccccc2s1. The molecule has 0 aliphatic carbocycles. The summed E-state index contributed by atoms with van der Waals surface area (Å²) in [5, 5.41) is 20.0. The molecular weight excluding hydrogens is 331 g/mol. The first-order valence-electron chi connectivity index (χ1n) is 6.74. The van der Waals surface area contributed by atoms with Crippen molar-refractivity contribution in [3.05, 3.63) is 65.1 Å². The van der Waals surface area contributed by atoms with Crippen molar-refractivity contribution < 1.29 is 9.50 Å². The van der Waals surface area contributed by atoms with Crippen LogP contribution in [-0.4, -0.2) is 15.8 Å². The number of aliphatic hydroxyl groups is 1. The number of rotatable bonds is 4. The van der Waals surface area contributed by atoms with Crippen LogP contribution in [0.5, 0.6) is 0 Å². The van der Waals surface area contributed by atoms with Gasteiger partial charge in [-0.25, -0.2) is 9.37 Å². The number of para-hydroxylation sites is 1. The number of aromatic nitrogens is 1. The van der Waals surface area contributed by atoms with Crippen molar-refractivity contribution in [3.8, 4) is 6.07 Å². The number of allylic oxidation sites excluding steroid dienone is 1. The monoisotopic (exact) mass is 342 g/mol. The van der Waals surface area contributed by atoms with E-state index in [9.17, 15) is 14.8 Å². The summed E-state index contributed by atoms with van der Waals surface area (Å²) in [6, 6.07) is 15.9. The van der Waals surface area contributed by atoms with Crippen LogP contribution in [0.15, 0.2) is 59.2 Å². The zero-order valence-electron chi connectivity index (χ0n) is 11.9. The summed E-state index contributed by atoms with van der Waals surface area (Å²) < 4.78 is 14.5. The van der Waals surface area contributed by atoms with E-state index in [1.54, 1.807) is 18.2 Å². The van der Waals surface area contributed by atoms with E-state index in [0.29, 0.717) is 9.90 Å². The zero-order valence-corrected chi connectivity index (χ0v) is 13.5. The van der Waals surface area contributed by atoms with E-state index in [-0.39, 0.29) is 22.9 Å². The van der Waals surface area contributed by atoms with Crippen LogP contribution in [0.25, 0.3) is 15.8 Å². The molecule has 0 saturated carbocycles. The molecule has 3 rings (SSSR count). The van der Waals surface area contributed by atoms with Gasteiger partial charge in [-0.1, -0.05) is 24.3 Å². The third-order valence-electron chi connectivity index (χ3n) is 3.11. The van der Waals surface area contributed by atoms with Gasteiger partial charge in [-0.3, -0.25) is 0 Å². The number of hydrogen-bond donors (Lipinski definition) is 1. The van der Waals surface area contributed by atoms with E-state index in [1.165, 1.54) is 17.4 Å². The Morgan fingerprint density at radius 1 is 1.22 bits per heavy atom. The molecule has 6 heteroatoms. The number of halogens is 1. The standard InChI is InChI=1S/C17H11FN2OS2/c18-12-5-1-3-7-15(12)22-10-14(21)11(9-19)17-20-13-6-2-4-8-16(13)23-17/h1-8,21H,10H2. The molecular formula is C17H11FN2OS2. The van der Waals surface area contributed by atoms with E-state index >= 15 is 0 Å². The van der Waals surface area contributed by atoms with E-state index in [1.807, 2.05) is 30.3 Å². The molecule has 1 N–H and O–H groups in total. The van der Waals surface area contributed by atoms with Crippen molar-refractivity contribution in [3.63, 3.8) is 0 Å². The summed E-state index contributed by atoms with van der Waals surface area (Å²) in [4.78, 5) is 4.80. The number of fused-ring (bicyclic) bond motifs is 1. The number of hydrogen-bond acceptors (Lipinski definition) is 5. The van der Waals surface area contributed by atoms with Crippen LogP contribution in [0.4, 0.5) is 4.39 Å². The van der Waals surface area contributed by atoms with Crippen molar-refractivity contribution in [1.29, 1.82) is 5.26 Å². The van der Waals surface area contributed by atoms with Crippen LogP contribution < -0.4 is 0 Å². The fraction of sp³-hybridized carbons (Fsp3) is 0.0588. The third kappa shape index (κ3) is 3.36. The molecule has 3 aromatic rings. The minimum Gasteiger partial charge on any atom is -0.510 e. The summed E-state index contributed by atoms with van der Waals surface area (Å²) in [6.07, 6.45) is 0. The van der Waals surface area contributed by atoms with Crippen molar-refractivity contribution in [2.24, 2.45) is 0 Å². The molecule has 0 spiro atoms. The van der Waals surface area contributed by atoms with Crippen molar-refractivity contribution >= 4 is 38.9 Å². The lowest BCUT2D eigenvalue weighted by Gasteiger charge is -2.03. The van der Waals surface area contributed by atoms with Gasteiger partial charge in [-0.15, -0.1) is 23.1 Å². The molecule has 0 aliphatic rings. The molecule has 0 fully saturated rings. The van der Waals surface area contributed by atoms with Gasteiger partial charge in [0.15, 0.2) is 0 Å². The summed E-state index contributed by atoms with van der Waals surface area (Å²) in [5.41, 5.74) is 0.921. The lowest BCUT2D eigenvalue weighted by atomic mass is 10.2. The number of thiazole rings is 1. The van der Waals surface area contributed by atoms with Gasteiger partial charge in [0.1, 0.15) is 28.2 Å². The second-order valence-electron chi connectivity index (χ2n) is 4.64. The van der Waals surface area contributed by atoms with Crippen LogP contribution in [0, 0.1) is 17.1 Å². The quantitative estimate of drug-likeness (QED) is 0.411. The van der Waals surface area contributed by atoms with Crippen LogP contribution >= 0.6 is 23.1 Å². The summed E-state index contributed by atoms with van der Waals surface area (Å²) in [7, 11) is 0. The summed E-state index contributed by atoms with van der Waals surface area (Å²) in [6.45, 7) is 0. The molecule has 0 unspecified atom stereocenters. The van der Waals surface area contributed by atoms with E-state index in [0.717, 1.165) is 22.0 Å². The average Bonchev–Trinajstić information content (AvgIpc) is 2.98. The first-order valence-corrected chi connectivity index (χ1v) is 8.54. The zero-order chi connectivity index (χ0) is 16.2. The van der Waals surface area contributed by atoms with Gasteiger partial charge >= 0.3 is 0 Å². The Bertz CT molecular complexity index is 894. The van der Waals surface area contributed by atoms with Crippen LogP contribution in [0.1, 0.15) is 5.01 Å². The Hall–Kier alpha value is -2.36. The van der Waals surface area contributed by atoms with Crippen molar-refractivity contribution in [2.45, 2.75) is 4.90 Å². The first kappa shape index (κ1) is 15.5. The Morgan fingerprint density at radius 2 is 1.96 bits per heavy atom. The number of nitriles is 1. The number of benzene rings is 2. The maximum absolute atomic E-state index is 13.6. The highest BCUT2D eigenvalue weighted by atomic mass is 32.2. The molecule has 1 heterocycles. The van der Waals surface area contributed by atoms with Crippen molar-refractivity contribution in [1.82, 2.24) is 4.98 Å². The number of thioether (sulfide) groups is 1. The Labute approximate surface area is 140 Å². The molecule has 114 valence electrons. The van der Waals surface area contributed by atoms with Crippen LogP contribution in [-0.2, 0) is 0 Å². The average molecular weight is 342 g/mol. The summed E-state index contributed by atoms with van der Waals surface area (Å²) >= 11 is 2.49. The Morgan fingerprint density at radius 3 is 2.70 bits per heavy atom. The molecule has 0 aliphatic heterocycles. The fourth-order valence-electron chi connectivity index (χ4n) is 1.99. The van der Waals surface area contributed by atoms with Gasteiger partial charge in [0.05, 0.1) is 16.0 Å². The predicted octanol–water partition coefficient (Wildman–Crippen LogP) is 5.02. The first-order chi connectivity index (χ1) is 11.2. The van der Waals surface area contributed by atoms with Gasteiger partial charge < -0.3 is 5.11 Å². The Balaban J connectivity index is 1.87. The van der Waals surface area contributed by atoms with Gasteiger partial charge in [-0.2, -0.15) is 5.26 Å². The van der Waals surface area contributed by atoms with Gasteiger partial charge in [0.2, 0.25) is 0 Å². The maximum Gasteiger partial charge on any atom is 0.138 e. The molecule has 0 radical (unpaired) electrons. The number of aliphatic hydroxyl groups excluding tert-OH is 1. The molecule has 2 aromatic carbocycles. The van der Waals surface area contributed by atoms with E-state index < -0.39 is 0 Å². The third-order valence-corrected chi connectivity index (χ3v) is 5.22. The van der Waals surface area contributed by atoms with E-state index in [2.05, 4.69) is 4.98 Å².